The van der Waals surface area contributed by atoms with Gasteiger partial charge in [0.05, 0.1) is 0 Å². The van der Waals surface area contributed by atoms with E-state index in [1.54, 1.807) is 6.20 Å². The number of para-hydroxylation sites is 1. The van der Waals surface area contributed by atoms with Gasteiger partial charge in [0.25, 0.3) is 0 Å². The second-order valence-electron chi connectivity index (χ2n) is 19.0. The molecule has 3 aromatic rings. The molecule has 7 amide bonds. The monoisotopic (exact) mass is 967 g/mol. The van der Waals surface area contributed by atoms with Crippen LogP contribution in [0.25, 0.3) is 10.9 Å². The van der Waals surface area contributed by atoms with Gasteiger partial charge in [0.1, 0.15) is 36.3 Å². The van der Waals surface area contributed by atoms with Crippen molar-refractivity contribution in [3.63, 3.8) is 0 Å². The van der Waals surface area contributed by atoms with Crippen molar-refractivity contribution in [3.8, 4) is 0 Å². The van der Waals surface area contributed by atoms with Crippen LogP contribution in [0.1, 0.15) is 114 Å². The molecule has 6 atom stereocenters. The number of guanidine groups is 1. The minimum Gasteiger partial charge on any atom is -0.370 e. The van der Waals surface area contributed by atoms with Crippen molar-refractivity contribution >= 4 is 58.2 Å². The van der Waals surface area contributed by atoms with Gasteiger partial charge in [-0.25, -0.2) is 0 Å². The van der Waals surface area contributed by atoms with Crippen molar-refractivity contribution in [1.29, 1.82) is 0 Å². The maximum Gasteiger partial charge on any atom is 0.245 e. The molecular weight excluding hydrogens is 893 g/mol. The third-order valence-electron chi connectivity index (χ3n) is 13.7. The van der Waals surface area contributed by atoms with Crippen molar-refractivity contribution in [2.24, 2.45) is 28.1 Å². The van der Waals surface area contributed by atoms with Crippen LogP contribution in [0.4, 0.5) is 0 Å². The van der Waals surface area contributed by atoms with Gasteiger partial charge in [-0.15, -0.1) is 0 Å². The van der Waals surface area contributed by atoms with E-state index in [9.17, 15) is 33.6 Å². The zero-order valence-electron chi connectivity index (χ0n) is 40.4. The summed E-state index contributed by atoms with van der Waals surface area (Å²) < 4.78 is 0. The smallest absolute Gasteiger partial charge is 0.245 e. The Balaban J connectivity index is 1.30. The number of hydrogen-bond acceptors (Lipinski definition) is 9. The van der Waals surface area contributed by atoms with E-state index < -0.39 is 71.7 Å². The highest BCUT2D eigenvalue weighted by molar-refractivity contribution is 5.98. The number of hydrogen-bond donors (Lipinski definition) is 10. The van der Waals surface area contributed by atoms with Crippen molar-refractivity contribution in [1.82, 2.24) is 41.8 Å². The third-order valence-corrected chi connectivity index (χ3v) is 13.7. The van der Waals surface area contributed by atoms with Crippen LogP contribution in [0, 0.1) is 5.92 Å². The average molecular weight is 967 g/mol. The Kier molecular flexibility index (Phi) is 20.4. The number of aliphatic imine (C=N–C) groups is 1. The molecule has 19 heteroatoms. The van der Waals surface area contributed by atoms with Crippen LogP contribution in [-0.2, 0) is 46.4 Å². The molecular formula is C51H74N12O7. The quantitative estimate of drug-likeness (QED) is 0.0501. The Bertz CT molecular complexity index is 2260. The Morgan fingerprint density at radius 1 is 0.757 bits per heavy atom. The summed E-state index contributed by atoms with van der Waals surface area (Å²) in [5.41, 5.74) is 19.2. The summed E-state index contributed by atoms with van der Waals surface area (Å²) in [6.07, 6.45) is 11.2. The van der Waals surface area contributed by atoms with E-state index in [2.05, 4.69) is 41.9 Å². The largest absolute Gasteiger partial charge is 0.370 e. The fraction of sp³-hybridized carbons (Fsp3) is 0.569. The predicted octanol–water partition coefficient (Wildman–Crippen LogP) is 1.82. The summed E-state index contributed by atoms with van der Waals surface area (Å²) in [5, 5.41) is 18.5. The van der Waals surface area contributed by atoms with Crippen LogP contribution in [0.15, 0.2) is 65.8 Å². The Labute approximate surface area is 410 Å². The van der Waals surface area contributed by atoms with E-state index in [4.69, 9.17) is 17.2 Å². The highest BCUT2D eigenvalue weighted by Gasteiger charge is 2.40. The summed E-state index contributed by atoms with van der Waals surface area (Å²) in [5.74, 6) is -3.48. The number of fused-ring (bicyclic) bond motifs is 2. The second kappa shape index (κ2) is 27.0. The van der Waals surface area contributed by atoms with Crippen molar-refractivity contribution in [3.05, 3.63) is 71.9 Å². The van der Waals surface area contributed by atoms with E-state index in [1.807, 2.05) is 54.6 Å². The summed E-state index contributed by atoms with van der Waals surface area (Å²) >= 11 is 0. The number of carbonyl (C=O) groups excluding carboxylic acids is 7. The Morgan fingerprint density at radius 3 is 2.26 bits per heavy atom. The lowest BCUT2D eigenvalue weighted by molar-refractivity contribution is -0.143. The molecule has 2 aromatic carbocycles. The summed E-state index contributed by atoms with van der Waals surface area (Å²) in [4.78, 5) is 109. The predicted molar refractivity (Wildman–Crippen MR) is 267 cm³/mol. The lowest BCUT2D eigenvalue weighted by atomic mass is 9.84. The molecule has 0 radical (unpaired) electrons. The van der Waals surface area contributed by atoms with Gasteiger partial charge in [0, 0.05) is 56.0 Å². The standard InChI is InChI=1S/C51H74N12O7/c52-25-11-3-8-24-44(64)58-40(29-33-15-4-1-5-16-33)46(66)60-39-22-13-26-55-45(65)38(21-12-27-56-51(53)54)59-48(68)42(31-35-32-57-37-20-10-9-19-36(35)37)61-47(67)41(30-34-17-6-2-7-18-34)62-49(69)43-23-14-28-63(43)50(39)70/h1,4-5,9-10,15-16,19-20,32,34,38-43,57H,2-3,6-8,11-14,17-18,21-31,52H2,(H,55,65)(H,58,64)(H,59,68)(H,60,66)(H,61,67)(H,62,69)(H4,53,54,56)/t38-,39-,40-,41+,42-,43-/m0/s1. The molecule has 2 saturated heterocycles. The van der Waals surface area contributed by atoms with Gasteiger partial charge in [-0.3, -0.25) is 38.6 Å². The molecule has 380 valence electrons. The molecule has 0 bridgehead atoms. The normalized spacial score (nSPS) is 22.6. The Hall–Kier alpha value is -6.50. The van der Waals surface area contributed by atoms with Crippen LogP contribution >= 0.6 is 0 Å². The number of H-pyrrole nitrogens is 1. The van der Waals surface area contributed by atoms with Gasteiger partial charge in [-0.2, -0.15) is 0 Å². The van der Waals surface area contributed by atoms with Gasteiger partial charge in [0.15, 0.2) is 5.96 Å². The van der Waals surface area contributed by atoms with Gasteiger partial charge >= 0.3 is 0 Å². The first-order valence-corrected chi connectivity index (χ1v) is 25.3. The number of unbranched alkanes of at least 4 members (excludes halogenated alkanes) is 2. The van der Waals surface area contributed by atoms with Crippen molar-refractivity contribution < 1.29 is 33.6 Å². The summed E-state index contributed by atoms with van der Waals surface area (Å²) in [6, 6.07) is 10.5. The third kappa shape index (κ3) is 15.8. The molecule has 3 aliphatic rings. The number of aromatic nitrogens is 1. The zero-order chi connectivity index (χ0) is 49.8. The number of amides is 7. The van der Waals surface area contributed by atoms with E-state index in [1.165, 1.54) is 4.90 Å². The SMILES string of the molecule is NCCCCCC(=O)N[C@@H](Cc1ccccc1)C(=O)N[C@H]1CCCNC(=O)[C@H](CCCN=C(N)N)NC(=O)[C@H](Cc2c[nH]c3ccccc23)NC(=O)[C@@H](CC2CCCCC2)NC(=O)[C@@H]2CCCN2C1=O. The van der Waals surface area contributed by atoms with Crippen molar-refractivity contribution in [2.45, 2.75) is 152 Å². The number of nitrogens with zero attached hydrogens (tertiary/aromatic N) is 2. The van der Waals surface area contributed by atoms with Crippen LogP contribution in [0.5, 0.6) is 0 Å². The molecule has 70 heavy (non-hydrogen) atoms. The summed E-state index contributed by atoms with van der Waals surface area (Å²) in [6.45, 7) is 1.01. The number of nitrogens with one attached hydrogen (secondary N) is 7. The van der Waals surface area contributed by atoms with E-state index in [-0.39, 0.29) is 75.9 Å². The molecule has 1 aromatic heterocycles. The highest BCUT2D eigenvalue weighted by atomic mass is 16.2. The van der Waals surface area contributed by atoms with Crippen molar-refractivity contribution in [2.75, 3.05) is 26.2 Å². The fourth-order valence-corrected chi connectivity index (χ4v) is 9.91. The lowest BCUT2D eigenvalue weighted by Crippen LogP contribution is -2.60. The molecule has 2 aliphatic heterocycles. The Morgan fingerprint density at radius 2 is 1.49 bits per heavy atom. The fourth-order valence-electron chi connectivity index (χ4n) is 9.91. The molecule has 3 heterocycles. The molecule has 1 aliphatic carbocycles. The molecule has 0 unspecified atom stereocenters. The van der Waals surface area contributed by atoms with Gasteiger partial charge in [-0.1, -0.05) is 87.1 Å². The maximum atomic E-state index is 14.8. The van der Waals surface area contributed by atoms with E-state index >= 15 is 0 Å². The van der Waals surface area contributed by atoms with E-state index in [0.29, 0.717) is 38.6 Å². The zero-order valence-corrected chi connectivity index (χ0v) is 40.4. The molecule has 13 N–H and O–H groups in total. The molecule has 0 spiro atoms. The van der Waals surface area contributed by atoms with Crippen LogP contribution in [0.3, 0.4) is 0 Å². The van der Waals surface area contributed by atoms with Crippen LogP contribution < -0.4 is 49.1 Å². The number of rotatable bonds is 18. The first-order valence-electron chi connectivity index (χ1n) is 25.3. The van der Waals surface area contributed by atoms with Gasteiger partial charge in [-0.05, 0) is 87.4 Å². The molecule has 3 fully saturated rings. The van der Waals surface area contributed by atoms with E-state index in [0.717, 1.165) is 67.0 Å². The summed E-state index contributed by atoms with van der Waals surface area (Å²) in [7, 11) is 0. The minimum absolute atomic E-state index is 0.0635. The number of nitrogens with two attached hydrogens (primary N) is 3. The average Bonchev–Trinajstić information content (AvgIpc) is 4.02. The second-order valence-corrected chi connectivity index (χ2v) is 19.0. The number of carbonyl (C=O) groups is 7. The van der Waals surface area contributed by atoms with Gasteiger partial charge < -0.3 is 59.0 Å². The first-order chi connectivity index (χ1) is 33.9. The minimum atomic E-state index is -1.15. The topological polar surface area (TPSA) is 301 Å². The molecule has 6 rings (SSSR count). The maximum absolute atomic E-state index is 14.8. The number of aromatic amines is 1. The first kappa shape index (κ1) is 52.9. The molecule has 19 nitrogen and oxygen atoms in total. The lowest BCUT2D eigenvalue weighted by Gasteiger charge is -2.32. The number of benzene rings is 2. The van der Waals surface area contributed by atoms with Crippen LogP contribution in [-0.4, -0.2) is 120 Å². The van der Waals surface area contributed by atoms with Gasteiger partial charge in [0.2, 0.25) is 41.4 Å². The highest BCUT2D eigenvalue weighted by Crippen LogP contribution is 2.28. The molecule has 1 saturated carbocycles. The van der Waals surface area contributed by atoms with Crippen LogP contribution in [0.2, 0.25) is 0 Å².